The van der Waals surface area contributed by atoms with Crippen LogP contribution in [0.4, 0.5) is 16.2 Å². The Morgan fingerprint density at radius 1 is 0.842 bits per heavy atom. The van der Waals surface area contributed by atoms with Crippen LogP contribution in [0.1, 0.15) is 92.2 Å². The summed E-state index contributed by atoms with van der Waals surface area (Å²) in [6, 6.07) is 23.1. The minimum absolute atomic E-state index is 0.0744. The van der Waals surface area contributed by atoms with Crippen molar-refractivity contribution >= 4 is 74.5 Å². The molecule has 1 spiro atoms. The second kappa shape index (κ2) is 22.5. The molecule has 9 rings (SSSR count). The van der Waals surface area contributed by atoms with E-state index < -0.39 is 35.2 Å². The largest absolute Gasteiger partial charge is 0.507 e. The number of amides is 8. The van der Waals surface area contributed by atoms with Gasteiger partial charge in [0.2, 0.25) is 11.8 Å². The number of allylic oxidation sites excluding steroid dienone is 1. The van der Waals surface area contributed by atoms with Crippen molar-refractivity contribution in [2.75, 3.05) is 63.6 Å². The molecule has 18 heteroatoms. The molecule has 0 saturated heterocycles. The van der Waals surface area contributed by atoms with E-state index in [-0.39, 0.29) is 28.9 Å². The van der Waals surface area contributed by atoms with E-state index >= 15 is 0 Å². The van der Waals surface area contributed by atoms with Gasteiger partial charge in [0.25, 0.3) is 23.6 Å². The van der Waals surface area contributed by atoms with Gasteiger partial charge in [-0.2, -0.15) is 0 Å². The summed E-state index contributed by atoms with van der Waals surface area (Å²) in [6.07, 6.45) is 13.1. The second-order valence-corrected chi connectivity index (χ2v) is 21.4. The summed E-state index contributed by atoms with van der Waals surface area (Å²) in [4.78, 5) is 96.5. The number of nitrogens with two attached hydrogens (primary N) is 1. The number of hydrogen-bond acceptors (Lipinski definition) is 9. The monoisotopic (exact) mass is 1030 g/mol. The number of rotatable bonds is 24. The summed E-state index contributed by atoms with van der Waals surface area (Å²) < 4.78 is 6.87. The number of carbonyl (C=O) groups excluding carboxylic acids is 7. The van der Waals surface area contributed by atoms with Gasteiger partial charge in [0.1, 0.15) is 48.3 Å². The molecule has 4 aliphatic rings. The van der Waals surface area contributed by atoms with Gasteiger partial charge in [0.05, 0.1) is 19.8 Å². The Morgan fingerprint density at radius 2 is 1.57 bits per heavy atom. The maximum Gasteiger partial charge on any atom is 0.312 e. The maximum atomic E-state index is 14.1. The number of urea groups is 1. The van der Waals surface area contributed by atoms with E-state index in [1.807, 2.05) is 77.7 Å². The Hall–Kier alpha value is -7.99. The van der Waals surface area contributed by atoms with E-state index in [1.165, 1.54) is 17.1 Å². The lowest BCUT2D eigenvalue weighted by atomic mass is 9.67. The van der Waals surface area contributed by atoms with Crippen molar-refractivity contribution in [1.82, 2.24) is 25.8 Å². The molecule has 0 radical (unpaired) electrons. The van der Waals surface area contributed by atoms with Crippen LogP contribution in [-0.2, 0) is 35.9 Å². The molecule has 3 heterocycles. The summed E-state index contributed by atoms with van der Waals surface area (Å²) in [5.74, 6) is -1.32. The Bertz CT molecular complexity index is 3100. The van der Waals surface area contributed by atoms with Gasteiger partial charge in [0.15, 0.2) is 0 Å². The molecule has 1 atom stereocenters. The number of carbonyl (C=O) groups is 7. The summed E-state index contributed by atoms with van der Waals surface area (Å²) in [6.45, 7) is 3.42. The lowest BCUT2D eigenvalue weighted by molar-refractivity contribution is -0.903. The number of likely N-dealkylation sites (N-methyl/N-ethyl adjacent to an activating group) is 1. The Kier molecular flexibility index (Phi) is 15.6. The number of anilines is 2. The number of nitrogens with zero attached hydrogens (tertiary/aromatic N) is 3. The zero-order valence-corrected chi connectivity index (χ0v) is 43.3. The highest BCUT2D eigenvalue weighted by molar-refractivity contribution is 6.13. The number of nitrogens with one attached hydrogen (secondary N) is 5. The van der Waals surface area contributed by atoms with Crippen LogP contribution in [0.15, 0.2) is 103 Å². The van der Waals surface area contributed by atoms with E-state index in [0.717, 1.165) is 51.3 Å². The molecule has 2 aliphatic carbocycles. The SMILES string of the molecule is C[N+](C)(CCOc1ccc2[nH]c(C(=O)N3CC4(CC4)c4c3cc(O)c3ccccc43)cc2c1)Cc1ccc(NC(=O)C(/C=C/CCCCNC(N)=O)NC(=O)C2(C(=O)NCCCCCN3C(=O)C=CC3=O)CCC2)cc1. The quantitative estimate of drug-likeness (QED) is 0.0116. The number of aromatic nitrogens is 1. The molecular weight excluding hydrogens is 967 g/mol. The van der Waals surface area contributed by atoms with Crippen molar-refractivity contribution in [3.63, 3.8) is 0 Å². The number of H-pyrrole nitrogens is 1. The van der Waals surface area contributed by atoms with Crippen molar-refractivity contribution in [2.45, 2.75) is 88.6 Å². The van der Waals surface area contributed by atoms with Gasteiger partial charge in [0, 0.05) is 77.4 Å². The molecule has 18 nitrogen and oxygen atoms in total. The number of primary amides is 1. The number of unbranched alkanes of at least 4 members (excludes halogenated alkanes) is 4. The third-order valence-corrected chi connectivity index (χ3v) is 15.3. The molecule has 4 aromatic carbocycles. The summed E-state index contributed by atoms with van der Waals surface area (Å²) >= 11 is 0. The molecule has 0 bridgehead atoms. The fourth-order valence-electron chi connectivity index (χ4n) is 10.7. The van der Waals surface area contributed by atoms with Crippen LogP contribution in [0.5, 0.6) is 11.5 Å². The van der Waals surface area contributed by atoms with E-state index in [2.05, 4.69) is 40.3 Å². The fraction of sp³-hybridized carbons (Fsp3) is 0.397. The minimum atomic E-state index is -1.31. The summed E-state index contributed by atoms with van der Waals surface area (Å²) in [5, 5.41) is 24.8. The lowest BCUT2D eigenvalue weighted by Crippen LogP contribution is -2.58. The second-order valence-electron chi connectivity index (χ2n) is 21.4. The first-order valence-electron chi connectivity index (χ1n) is 26.4. The molecule has 5 aromatic rings. The van der Waals surface area contributed by atoms with Gasteiger partial charge in [-0.25, -0.2) is 4.79 Å². The normalized spacial score (nSPS) is 16.5. The predicted octanol–water partition coefficient (Wildman–Crippen LogP) is 6.57. The van der Waals surface area contributed by atoms with Crippen molar-refractivity contribution in [3.05, 3.63) is 120 Å². The summed E-state index contributed by atoms with van der Waals surface area (Å²) in [7, 11) is 4.23. The third kappa shape index (κ3) is 11.8. The number of aromatic amines is 1. The predicted molar refractivity (Wildman–Crippen MR) is 289 cm³/mol. The number of aromatic hydroxyl groups is 1. The fourth-order valence-corrected chi connectivity index (χ4v) is 10.7. The number of benzene rings is 4. The van der Waals surface area contributed by atoms with Crippen molar-refractivity contribution in [1.29, 1.82) is 0 Å². The lowest BCUT2D eigenvalue weighted by Gasteiger charge is -2.39. The number of phenols is 1. The molecule has 1 unspecified atom stereocenters. The van der Waals surface area contributed by atoms with E-state index in [4.69, 9.17) is 10.5 Å². The topological polar surface area (TPSA) is 245 Å². The highest BCUT2D eigenvalue weighted by Gasteiger charge is 2.54. The standard InChI is InChI=1S/C58H67N9O9/c1-67(2,31-32-76-41-20-21-44-39(33-41)34-46(63-44)53(72)66-37-57(26-27-57)51-43-14-8-7-13-42(43)48(68)35-47(51)66)36-38-16-18-40(19-17-38)62-52(71)45(15-6-3-4-9-29-61-56(59)75)64-55(74)58(24-12-25-58)54(73)60-28-10-5-11-30-65-49(69)22-23-50(65)70/h6-8,13-23,33-35,45H,3-5,9-12,24-32,36-37H2,1-2H3,(H7-,59,60,61,62,63,64,68,71,72,73,74,75)/p+1/b15-6+. The number of imide groups is 1. The molecule has 76 heavy (non-hydrogen) atoms. The highest BCUT2D eigenvalue weighted by Crippen LogP contribution is 2.60. The zero-order chi connectivity index (χ0) is 53.6. The molecule has 1 aromatic heterocycles. The smallest absolute Gasteiger partial charge is 0.312 e. The van der Waals surface area contributed by atoms with Crippen molar-refractivity contribution in [2.24, 2.45) is 11.1 Å². The van der Waals surface area contributed by atoms with Crippen molar-refractivity contribution in [3.8, 4) is 11.5 Å². The van der Waals surface area contributed by atoms with Crippen LogP contribution in [0.2, 0.25) is 0 Å². The van der Waals surface area contributed by atoms with Gasteiger partial charge in [-0.15, -0.1) is 0 Å². The van der Waals surface area contributed by atoms with Crippen LogP contribution >= 0.6 is 0 Å². The van der Waals surface area contributed by atoms with Crippen LogP contribution in [-0.4, -0.2) is 120 Å². The number of phenolic OH excluding ortho intramolecular Hbond substituents is 1. The number of quaternary nitrogens is 1. The molecular formula is C58H68N9O9+. The molecule has 8 amide bonds. The Balaban J connectivity index is 0.763. The van der Waals surface area contributed by atoms with Gasteiger partial charge in [-0.05, 0) is 112 Å². The van der Waals surface area contributed by atoms with Gasteiger partial charge >= 0.3 is 6.03 Å². The van der Waals surface area contributed by atoms with Gasteiger partial charge in [-0.3, -0.25) is 33.7 Å². The van der Waals surface area contributed by atoms with E-state index in [0.29, 0.717) is 125 Å². The van der Waals surface area contributed by atoms with E-state index in [9.17, 15) is 38.7 Å². The maximum absolute atomic E-state index is 14.1. The van der Waals surface area contributed by atoms with Crippen LogP contribution in [0.25, 0.3) is 21.7 Å². The molecule has 2 aliphatic heterocycles. The third-order valence-electron chi connectivity index (χ3n) is 15.3. The average Bonchev–Trinajstić information content (AvgIpc) is 3.75. The minimum Gasteiger partial charge on any atom is -0.507 e. The zero-order valence-electron chi connectivity index (χ0n) is 43.3. The first-order valence-corrected chi connectivity index (χ1v) is 26.4. The van der Waals surface area contributed by atoms with Crippen molar-refractivity contribution < 1.29 is 47.9 Å². The molecule has 8 N–H and O–H groups in total. The van der Waals surface area contributed by atoms with Gasteiger partial charge in [-0.1, -0.05) is 55.0 Å². The molecule has 2 fully saturated rings. The van der Waals surface area contributed by atoms with Crippen LogP contribution in [0, 0.1) is 5.41 Å². The average molecular weight is 1040 g/mol. The van der Waals surface area contributed by atoms with E-state index in [1.54, 1.807) is 18.2 Å². The summed E-state index contributed by atoms with van der Waals surface area (Å²) in [5.41, 5.74) is 8.59. The number of ether oxygens (including phenoxy) is 1. The number of hydrogen-bond donors (Lipinski definition) is 7. The number of fused-ring (bicyclic) bond motifs is 5. The van der Waals surface area contributed by atoms with Crippen LogP contribution in [0.3, 0.4) is 0 Å². The Morgan fingerprint density at radius 3 is 2.28 bits per heavy atom. The first kappa shape index (κ1) is 52.9. The first-order chi connectivity index (χ1) is 36.5. The van der Waals surface area contributed by atoms with Gasteiger partial charge < -0.3 is 51.2 Å². The highest BCUT2D eigenvalue weighted by atomic mass is 16.5. The van der Waals surface area contributed by atoms with Crippen LogP contribution < -0.4 is 36.6 Å². The molecule has 398 valence electrons. The molecule has 2 saturated carbocycles. The Labute approximate surface area is 441 Å².